The summed E-state index contributed by atoms with van der Waals surface area (Å²) in [6, 6.07) is 82.5. The molecule has 13 rings (SSSR count). The van der Waals surface area contributed by atoms with Crippen molar-refractivity contribution in [1.82, 2.24) is 0 Å². The van der Waals surface area contributed by atoms with Crippen LogP contribution in [0.15, 0.2) is 229 Å². The number of anilines is 3. The van der Waals surface area contributed by atoms with Crippen LogP contribution in [-0.2, 0) is 5.41 Å². The summed E-state index contributed by atoms with van der Waals surface area (Å²) < 4.78 is 6.43. The molecule has 2 nitrogen and oxygen atoms in total. The van der Waals surface area contributed by atoms with Crippen molar-refractivity contribution in [3.8, 4) is 44.5 Å². The molecule has 0 N–H and O–H groups in total. The monoisotopic (exact) mass is 829 g/mol. The summed E-state index contributed by atoms with van der Waals surface area (Å²) in [7, 11) is 0. The fourth-order valence-electron chi connectivity index (χ4n) is 10.9. The summed E-state index contributed by atoms with van der Waals surface area (Å²) in [5.74, 6) is 0. The Labute approximate surface area is 378 Å². The predicted molar refractivity (Wildman–Crippen MR) is 275 cm³/mol. The first-order chi connectivity index (χ1) is 32.0. The van der Waals surface area contributed by atoms with Crippen molar-refractivity contribution in [2.24, 2.45) is 0 Å². The average molecular weight is 830 g/mol. The zero-order chi connectivity index (χ0) is 43.2. The molecule has 65 heavy (non-hydrogen) atoms. The highest BCUT2D eigenvalue weighted by molar-refractivity contribution is 6.16. The molecule has 1 heterocycles. The summed E-state index contributed by atoms with van der Waals surface area (Å²) in [5.41, 5.74) is 17.3. The Morgan fingerprint density at radius 2 is 0.938 bits per heavy atom. The molecule has 0 atom stereocenters. The molecule has 0 fully saturated rings. The van der Waals surface area contributed by atoms with E-state index < -0.39 is 0 Å². The summed E-state index contributed by atoms with van der Waals surface area (Å²) in [6.45, 7) is 4.73. The maximum atomic E-state index is 6.43. The summed E-state index contributed by atoms with van der Waals surface area (Å²) in [6.07, 6.45) is 0. The van der Waals surface area contributed by atoms with Crippen LogP contribution in [0.4, 0.5) is 17.1 Å². The van der Waals surface area contributed by atoms with Gasteiger partial charge >= 0.3 is 0 Å². The Hall–Kier alpha value is -8.20. The molecule has 0 saturated carbocycles. The minimum atomic E-state index is -0.173. The highest BCUT2D eigenvalue weighted by Gasteiger charge is 2.36. The van der Waals surface area contributed by atoms with Gasteiger partial charge in [-0.2, -0.15) is 0 Å². The van der Waals surface area contributed by atoms with Crippen molar-refractivity contribution >= 4 is 71.3 Å². The van der Waals surface area contributed by atoms with E-state index >= 15 is 0 Å². The van der Waals surface area contributed by atoms with Crippen LogP contribution in [-0.4, -0.2) is 0 Å². The molecule has 1 aromatic heterocycles. The third-order valence-electron chi connectivity index (χ3n) is 14.1. The Balaban J connectivity index is 1.10. The summed E-state index contributed by atoms with van der Waals surface area (Å²) in [4.78, 5) is 2.49. The molecule has 12 aromatic rings. The van der Waals surface area contributed by atoms with Crippen LogP contribution in [0.1, 0.15) is 25.0 Å². The number of benzene rings is 11. The standard InChI is InChI=1S/C63H43NO/c1-63(2)57-26-11-9-22-51(57)52-35-34-45(39-58(52)63)64(44-32-29-41(30-33-44)47-24-13-17-40-15-3-5-18-46(40)47)59-27-14-25-54(55-37-42-16-4-6-19-48(42)49-20-7-8-21-50(49)55)62(59)43-31-36-61-56(38-43)53-23-10-12-28-60(53)65-61/h3-39H,1-2H3. The molecule has 0 amide bonds. The topological polar surface area (TPSA) is 16.4 Å². The summed E-state index contributed by atoms with van der Waals surface area (Å²) in [5, 5.41) is 9.64. The SMILES string of the molecule is CC1(C)c2ccccc2-c2ccc(N(c3ccc(-c4cccc5ccccc45)cc3)c3cccc(-c4cc5ccccc5c5ccccc45)c3-c3ccc4oc5ccccc5c4c3)cc21. The summed E-state index contributed by atoms with van der Waals surface area (Å²) >= 11 is 0. The minimum absolute atomic E-state index is 0.173. The van der Waals surface area contributed by atoms with Crippen molar-refractivity contribution < 1.29 is 4.42 Å². The molecule has 0 radical (unpaired) electrons. The van der Waals surface area contributed by atoms with E-state index in [0.717, 1.165) is 50.1 Å². The van der Waals surface area contributed by atoms with E-state index in [1.54, 1.807) is 0 Å². The van der Waals surface area contributed by atoms with Crippen LogP contribution in [0.5, 0.6) is 0 Å². The third kappa shape index (κ3) is 5.81. The van der Waals surface area contributed by atoms with Gasteiger partial charge in [0.25, 0.3) is 0 Å². The van der Waals surface area contributed by atoms with Crippen LogP contribution < -0.4 is 4.90 Å². The van der Waals surface area contributed by atoms with Gasteiger partial charge in [0, 0.05) is 33.1 Å². The first-order valence-corrected chi connectivity index (χ1v) is 22.6. The van der Waals surface area contributed by atoms with E-state index in [1.165, 1.54) is 76.8 Å². The van der Waals surface area contributed by atoms with Crippen molar-refractivity contribution in [1.29, 1.82) is 0 Å². The average Bonchev–Trinajstić information content (AvgIpc) is 3.84. The molecule has 0 unspecified atom stereocenters. The third-order valence-corrected chi connectivity index (χ3v) is 14.1. The Bertz CT molecular complexity index is 3860. The smallest absolute Gasteiger partial charge is 0.135 e. The maximum Gasteiger partial charge on any atom is 0.135 e. The van der Waals surface area contributed by atoms with Gasteiger partial charge < -0.3 is 9.32 Å². The van der Waals surface area contributed by atoms with Crippen LogP contribution in [0, 0.1) is 0 Å². The highest BCUT2D eigenvalue weighted by Crippen LogP contribution is 2.53. The van der Waals surface area contributed by atoms with Crippen molar-refractivity contribution in [3.63, 3.8) is 0 Å². The van der Waals surface area contributed by atoms with Gasteiger partial charge in [-0.3, -0.25) is 0 Å². The van der Waals surface area contributed by atoms with Gasteiger partial charge in [0.15, 0.2) is 0 Å². The Morgan fingerprint density at radius 1 is 0.338 bits per heavy atom. The lowest BCUT2D eigenvalue weighted by Gasteiger charge is -2.31. The van der Waals surface area contributed by atoms with Gasteiger partial charge in [-0.1, -0.05) is 184 Å². The highest BCUT2D eigenvalue weighted by atomic mass is 16.3. The van der Waals surface area contributed by atoms with Gasteiger partial charge in [0.05, 0.1) is 5.69 Å². The van der Waals surface area contributed by atoms with Gasteiger partial charge in [0.2, 0.25) is 0 Å². The zero-order valence-electron chi connectivity index (χ0n) is 36.2. The van der Waals surface area contributed by atoms with E-state index in [1.807, 2.05) is 6.07 Å². The fraction of sp³-hybridized carbons (Fsp3) is 0.0476. The molecule has 306 valence electrons. The largest absolute Gasteiger partial charge is 0.456 e. The minimum Gasteiger partial charge on any atom is -0.456 e. The van der Waals surface area contributed by atoms with Crippen LogP contribution in [0.25, 0.3) is 98.8 Å². The van der Waals surface area contributed by atoms with Crippen molar-refractivity contribution in [2.45, 2.75) is 19.3 Å². The first-order valence-electron chi connectivity index (χ1n) is 22.6. The molecule has 0 aliphatic heterocycles. The van der Waals surface area contributed by atoms with E-state index in [0.29, 0.717) is 0 Å². The number of para-hydroxylation sites is 1. The molecule has 11 aromatic carbocycles. The molecule has 1 aliphatic rings. The maximum absolute atomic E-state index is 6.43. The van der Waals surface area contributed by atoms with Crippen molar-refractivity contribution in [2.75, 3.05) is 4.90 Å². The second kappa shape index (κ2) is 14.4. The lowest BCUT2D eigenvalue weighted by molar-refractivity contribution is 0.660. The molecule has 0 spiro atoms. The van der Waals surface area contributed by atoms with Crippen LogP contribution in [0.3, 0.4) is 0 Å². The predicted octanol–water partition coefficient (Wildman–Crippen LogP) is 17.8. The molecule has 0 saturated heterocycles. The number of fused-ring (bicyclic) bond motifs is 10. The second-order valence-corrected chi connectivity index (χ2v) is 18.0. The fourth-order valence-corrected chi connectivity index (χ4v) is 10.9. The molecular weight excluding hydrogens is 787 g/mol. The molecule has 1 aliphatic carbocycles. The molecule has 2 heteroatoms. The quantitative estimate of drug-likeness (QED) is 0.155. The van der Waals surface area contributed by atoms with Gasteiger partial charge in [0.1, 0.15) is 11.2 Å². The molecule has 0 bridgehead atoms. The van der Waals surface area contributed by atoms with Crippen LogP contribution >= 0.6 is 0 Å². The zero-order valence-corrected chi connectivity index (χ0v) is 36.2. The number of hydrogen-bond acceptors (Lipinski definition) is 2. The van der Waals surface area contributed by atoms with Gasteiger partial charge in [-0.25, -0.2) is 0 Å². The van der Waals surface area contributed by atoms with E-state index in [4.69, 9.17) is 4.42 Å². The lowest BCUT2D eigenvalue weighted by Crippen LogP contribution is -2.17. The second-order valence-electron chi connectivity index (χ2n) is 18.0. The number of rotatable bonds is 6. The normalized spacial score (nSPS) is 12.9. The van der Waals surface area contributed by atoms with E-state index in [-0.39, 0.29) is 5.41 Å². The van der Waals surface area contributed by atoms with Gasteiger partial charge in [-0.15, -0.1) is 0 Å². The van der Waals surface area contributed by atoms with Crippen molar-refractivity contribution in [3.05, 3.63) is 236 Å². The Kier molecular flexibility index (Phi) is 8.29. The number of hydrogen-bond donors (Lipinski definition) is 0. The van der Waals surface area contributed by atoms with E-state index in [2.05, 4.69) is 237 Å². The van der Waals surface area contributed by atoms with Crippen LogP contribution in [0.2, 0.25) is 0 Å². The first kappa shape index (κ1) is 37.4. The van der Waals surface area contributed by atoms with Gasteiger partial charge in [-0.05, 0) is 137 Å². The molecular formula is C63H43NO. The number of furan rings is 1. The number of nitrogens with zero attached hydrogens (tertiary/aromatic N) is 1. The van der Waals surface area contributed by atoms with E-state index in [9.17, 15) is 0 Å². The lowest BCUT2D eigenvalue weighted by atomic mass is 9.82. The Morgan fingerprint density at radius 3 is 1.80 bits per heavy atom.